The summed E-state index contributed by atoms with van der Waals surface area (Å²) < 4.78 is 0. The maximum Gasteiger partial charge on any atom is 0.248 e. The lowest BCUT2D eigenvalue weighted by atomic mass is 9.92. The summed E-state index contributed by atoms with van der Waals surface area (Å²) in [4.78, 5) is 17.6. The molecule has 2 aromatic carbocycles. The van der Waals surface area contributed by atoms with E-state index < -0.39 is 0 Å². The Kier molecular flexibility index (Phi) is 11.3. The summed E-state index contributed by atoms with van der Waals surface area (Å²) in [6.45, 7) is 8.71. The van der Waals surface area contributed by atoms with E-state index in [4.69, 9.17) is 10.7 Å². The molecule has 0 radical (unpaired) electrons. The number of aromatic nitrogens is 1. The van der Waals surface area contributed by atoms with Crippen molar-refractivity contribution in [1.29, 1.82) is 0 Å². The largest absolute Gasteiger partial charge is 0.326 e. The van der Waals surface area contributed by atoms with Gasteiger partial charge in [-0.2, -0.15) is 0 Å². The molecule has 1 heterocycles. The zero-order chi connectivity index (χ0) is 22.4. The summed E-state index contributed by atoms with van der Waals surface area (Å²) in [7, 11) is 0. The van der Waals surface area contributed by atoms with Gasteiger partial charge in [-0.3, -0.25) is 9.78 Å². The molecule has 0 spiro atoms. The van der Waals surface area contributed by atoms with Crippen molar-refractivity contribution < 1.29 is 4.79 Å². The number of amides is 1. The van der Waals surface area contributed by atoms with Gasteiger partial charge in [0, 0.05) is 23.9 Å². The minimum absolute atomic E-state index is 0. The lowest BCUT2D eigenvalue weighted by molar-refractivity contribution is -0.111. The molecule has 0 bridgehead atoms. The quantitative estimate of drug-likeness (QED) is 0.374. The molecule has 0 saturated carbocycles. The van der Waals surface area contributed by atoms with Crippen LogP contribution in [0.25, 0.3) is 17.2 Å². The highest BCUT2D eigenvalue weighted by molar-refractivity contribution is 6.05. The van der Waals surface area contributed by atoms with Crippen LogP contribution in [0.15, 0.2) is 60.7 Å². The summed E-state index contributed by atoms with van der Waals surface area (Å²) >= 11 is 0. The van der Waals surface area contributed by atoms with Crippen LogP contribution in [-0.4, -0.2) is 10.9 Å². The first-order valence-corrected chi connectivity index (χ1v) is 10.7. The summed E-state index contributed by atoms with van der Waals surface area (Å²) in [6, 6.07) is 18.1. The first-order valence-electron chi connectivity index (χ1n) is 10.7. The Bertz CT molecular complexity index is 1080. The first kappa shape index (κ1) is 28.4. The number of carbonyl (C=O) groups is 1. The molecule has 0 unspecified atom stereocenters. The molecule has 1 aromatic heterocycles. The van der Waals surface area contributed by atoms with Gasteiger partial charge in [0.25, 0.3) is 0 Å². The number of aryl methyl sites for hydroxylation is 2. The highest BCUT2D eigenvalue weighted by Gasteiger charge is 2.20. The van der Waals surface area contributed by atoms with Crippen LogP contribution in [0.4, 0.5) is 5.69 Å². The second kappa shape index (κ2) is 13.1. The van der Waals surface area contributed by atoms with E-state index in [9.17, 15) is 4.79 Å². The van der Waals surface area contributed by atoms with E-state index in [1.165, 1.54) is 5.56 Å². The Labute approximate surface area is 209 Å². The Morgan fingerprint density at radius 1 is 1.03 bits per heavy atom. The molecule has 0 aliphatic rings. The molecule has 0 saturated heterocycles. The molecule has 3 rings (SSSR count). The molecule has 33 heavy (non-hydrogen) atoms. The minimum Gasteiger partial charge on any atom is -0.326 e. The maximum atomic E-state index is 12.8. The van der Waals surface area contributed by atoms with Crippen LogP contribution >= 0.6 is 24.8 Å². The molecule has 0 aliphatic heterocycles. The van der Waals surface area contributed by atoms with Crippen molar-refractivity contribution >= 4 is 42.5 Å². The third-order valence-corrected chi connectivity index (χ3v) is 5.19. The van der Waals surface area contributed by atoms with Gasteiger partial charge in [-0.25, -0.2) is 0 Å². The van der Waals surface area contributed by atoms with Crippen LogP contribution in [0.3, 0.4) is 0 Å². The number of pyridine rings is 1. The zero-order valence-electron chi connectivity index (χ0n) is 19.6. The van der Waals surface area contributed by atoms with Crippen LogP contribution in [0, 0.1) is 19.8 Å². The van der Waals surface area contributed by atoms with E-state index >= 15 is 0 Å². The van der Waals surface area contributed by atoms with E-state index in [0.29, 0.717) is 12.5 Å². The van der Waals surface area contributed by atoms with Crippen molar-refractivity contribution in [3.63, 3.8) is 0 Å². The number of carbonyl (C=O) groups excluding carboxylic acids is 1. The van der Waals surface area contributed by atoms with E-state index in [2.05, 4.69) is 50.4 Å². The zero-order valence-corrected chi connectivity index (χ0v) is 21.2. The predicted octanol–water partition coefficient (Wildman–Crippen LogP) is 6.52. The van der Waals surface area contributed by atoms with Gasteiger partial charge in [-0.1, -0.05) is 74.0 Å². The smallest absolute Gasteiger partial charge is 0.248 e. The fourth-order valence-electron chi connectivity index (χ4n) is 3.67. The third-order valence-electron chi connectivity index (χ3n) is 5.19. The van der Waals surface area contributed by atoms with Gasteiger partial charge in [0.05, 0.1) is 11.4 Å². The Morgan fingerprint density at radius 3 is 2.24 bits per heavy atom. The van der Waals surface area contributed by atoms with Gasteiger partial charge < -0.3 is 11.1 Å². The number of hydrogen-bond acceptors (Lipinski definition) is 3. The van der Waals surface area contributed by atoms with Crippen LogP contribution in [-0.2, 0) is 17.8 Å². The van der Waals surface area contributed by atoms with Gasteiger partial charge in [-0.05, 0) is 49.0 Å². The Morgan fingerprint density at radius 2 is 1.67 bits per heavy atom. The van der Waals surface area contributed by atoms with Crippen LogP contribution in [0.2, 0.25) is 0 Å². The molecule has 0 atom stereocenters. The van der Waals surface area contributed by atoms with Gasteiger partial charge in [0.1, 0.15) is 0 Å². The average Bonchev–Trinajstić information content (AvgIpc) is 2.75. The standard InChI is InChI=1S/C27H31N3O.2ClH/c1-18(2)16-24-23(17-28)26(22-13-10-19(3)11-14-22)27(20(4)29-24)30-25(31)15-12-21-8-6-5-7-9-21;;/h5-15,18H,16-17,28H2,1-4H3,(H,30,31);2*1H. The second-order valence-corrected chi connectivity index (χ2v) is 8.27. The van der Waals surface area contributed by atoms with Gasteiger partial charge in [0.15, 0.2) is 0 Å². The lowest BCUT2D eigenvalue weighted by Gasteiger charge is -2.21. The number of rotatable bonds is 7. The molecule has 176 valence electrons. The number of anilines is 1. The van der Waals surface area contributed by atoms with Crippen molar-refractivity contribution in [2.75, 3.05) is 5.32 Å². The highest BCUT2D eigenvalue weighted by Crippen LogP contribution is 2.36. The Balaban J connectivity index is 0.00000272. The molecule has 0 fully saturated rings. The van der Waals surface area contributed by atoms with Gasteiger partial charge in [0.2, 0.25) is 5.91 Å². The van der Waals surface area contributed by atoms with Crippen molar-refractivity contribution in [2.24, 2.45) is 11.7 Å². The van der Waals surface area contributed by atoms with Gasteiger partial charge in [-0.15, -0.1) is 24.8 Å². The minimum atomic E-state index is -0.193. The van der Waals surface area contributed by atoms with Crippen LogP contribution < -0.4 is 11.1 Å². The first-order chi connectivity index (χ1) is 14.9. The van der Waals surface area contributed by atoms with Crippen molar-refractivity contribution in [3.8, 4) is 11.1 Å². The summed E-state index contributed by atoms with van der Waals surface area (Å²) in [5.41, 5.74) is 13.9. The van der Waals surface area contributed by atoms with E-state index in [-0.39, 0.29) is 30.7 Å². The van der Waals surface area contributed by atoms with Crippen molar-refractivity contribution in [2.45, 2.75) is 40.7 Å². The highest BCUT2D eigenvalue weighted by atomic mass is 35.5. The fourth-order valence-corrected chi connectivity index (χ4v) is 3.67. The second-order valence-electron chi connectivity index (χ2n) is 8.27. The van der Waals surface area contributed by atoms with Gasteiger partial charge >= 0.3 is 0 Å². The molecular formula is C27H33Cl2N3O. The number of hydrogen-bond donors (Lipinski definition) is 2. The Hall–Kier alpha value is -2.66. The molecule has 0 aliphatic carbocycles. The molecule has 6 heteroatoms. The average molecular weight is 486 g/mol. The number of halogens is 2. The maximum absolute atomic E-state index is 12.8. The lowest BCUT2D eigenvalue weighted by Crippen LogP contribution is -2.16. The molecule has 1 amide bonds. The number of benzene rings is 2. The summed E-state index contributed by atoms with van der Waals surface area (Å²) in [5, 5.41) is 3.07. The van der Waals surface area contributed by atoms with Crippen LogP contribution in [0.1, 0.15) is 41.9 Å². The summed E-state index contributed by atoms with van der Waals surface area (Å²) in [5.74, 6) is 0.263. The molecule has 4 nitrogen and oxygen atoms in total. The monoisotopic (exact) mass is 485 g/mol. The topological polar surface area (TPSA) is 68.0 Å². The van der Waals surface area contributed by atoms with E-state index in [1.54, 1.807) is 12.2 Å². The fraction of sp³-hybridized carbons (Fsp3) is 0.259. The number of nitrogens with one attached hydrogen (secondary N) is 1. The molecular weight excluding hydrogens is 453 g/mol. The van der Waals surface area contributed by atoms with Crippen molar-refractivity contribution in [3.05, 3.63) is 88.8 Å². The number of nitrogens with two attached hydrogens (primary N) is 1. The molecule has 3 N–H and O–H groups in total. The normalized spacial score (nSPS) is 10.6. The number of nitrogens with zero attached hydrogens (tertiary/aromatic N) is 1. The van der Waals surface area contributed by atoms with Crippen LogP contribution in [0.5, 0.6) is 0 Å². The molecule has 3 aromatic rings. The summed E-state index contributed by atoms with van der Waals surface area (Å²) in [6.07, 6.45) is 4.20. The van der Waals surface area contributed by atoms with E-state index in [1.807, 2.05) is 37.3 Å². The SMILES string of the molecule is Cc1ccc(-c2c(CN)c(CC(C)C)nc(C)c2NC(=O)C=Cc2ccccc2)cc1.Cl.Cl. The van der Waals surface area contributed by atoms with E-state index in [0.717, 1.165) is 45.7 Å². The third kappa shape index (κ3) is 7.43. The van der Waals surface area contributed by atoms with Crippen molar-refractivity contribution in [1.82, 2.24) is 4.98 Å². The predicted molar refractivity (Wildman–Crippen MR) is 144 cm³/mol.